The lowest BCUT2D eigenvalue weighted by Gasteiger charge is -2.21. The van der Waals surface area contributed by atoms with E-state index in [1.54, 1.807) is 0 Å². The summed E-state index contributed by atoms with van der Waals surface area (Å²) in [4.78, 5) is 36.5. The zero-order valence-corrected chi connectivity index (χ0v) is 20.2. The lowest BCUT2D eigenvalue weighted by molar-refractivity contribution is -0.143. The molecule has 7 nitrogen and oxygen atoms in total. The number of fused-ring (bicyclic) bond motifs is 3. The van der Waals surface area contributed by atoms with Crippen molar-refractivity contribution in [3.05, 3.63) is 59.7 Å². The van der Waals surface area contributed by atoms with Crippen LogP contribution in [0.4, 0.5) is 4.79 Å². The van der Waals surface area contributed by atoms with Crippen LogP contribution in [0.3, 0.4) is 0 Å². The highest BCUT2D eigenvalue weighted by atomic mass is 16.5. The van der Waals surface area contributed by atoms with Crippen molar-refractivity contribution in [2.45, 2.75) is 57.4 Å². The van der Waals surface area contributed by atoms with Crippen molar-refractivity contribution in [3.8, 4) is 11.1 Å². The molecular weight excluding hydrogens is 444 g/mol. The molecule has 0 aliphatic heterocycles. The number of hydrogen-bond donors (Lipinski definition) is 3. The molecular formula is C28H34N2O5. The number of hydrogen-bond acceptors (Lipinski definition) is 4. The summed E-state index contributed by atoms with van der Waals surface area (Å²) >= 11 is 0. The van der Waals surface area contributed by atoms with Gasteiger partial charge in [-0.3, -0.25) is 9.59 Å². The zero-order valence-electron chi connectivity index (χ0n) is 20.2. The summed E-state index contributed by atoms with van der Waals surface area (Å²) in [6.07, 6.45) is 3.43. The Balaban J connectivity index is 1.29. The maximum Gasteiger partial charge on any atom is 0.407 e. The van der Waals surface area contributed by atoms with Gasteiger partial charge in [-0.2, -0.15) is 0 Å². The van der Waals surface area contributed by atoms with Crippen molar-refractivity contribution in [2.24, 2.45) is 11.8 Å². The van der Waals surface area contributed by atoms with Crippen LogP contribution in [0.25, 0.3) is 11.1 Å². The number of benzene rings is 2. The van der Waals surface area contributed by atoms with Crippen LogP contribution in [0.2, 0.25) is 0 Å². The Bertz CT molecular complexity index is 1020. The molecule has 186 valence electrons. The van der Waals surface area contributed by atoms with Crippen molar-refractivity contribution < 1.29 is 24.2 Å². The highest BCUT2D eigenvalue weighted by Gasteiger charge is 2.33. The van der Waals surface area contributed by atoms with Crippen molar-refractivity contribution in [3.63, 3.8) is 0 Å². The number of carbonyl (C=O) groups is 3. The number of amides is 2. The van der Waals surface area contributed by atoms with Crippen LogP contribution in [0.1, 0.15) is 62.5 Å². The van der Waals surface area contributed by atoms with Crippen LogP contribution >= 0.6 is 0 Å². The third kappa shape index (κ3) is 5.84. The predicted octanol–water partition coefficient (Wildman–Crippen LogP) is 4.70. The second-order valence-electron chi connectivity index (χ2n) is 9.60. The van der Waals surface area contributed by atoms with Gasteiger partial charge in [-0.1, -0.05) is 68.3 Å². The van der Waals surface area contributed by atoms with Gasteiger partial charge in [0.15, 0.2) is 0 Å². The van der Waals surface area contributed by atoms with Crippen molar-refractivity contribution >= 4 is 18.0 Å². The number of ether oxygens (including phenoxy) is 1. The minimum atomic E-state index is -0.789. The highest BCUT2D eigenvalue weighted by molar-refractivity contribution is 5.79. The zero-order chi connectivity index (χ0) is 24.8. The van der Waals surface area contributed by atoms with E-state index in [9.17, 15) is 19.5 Å². The Kier molecular flexibility index (Phi) is 8.06. The Morgan fingerprint density at radius 2 is 1.69 bits per heavy atom. The molecule has 2 aliphatic carbocycles. The molecule has 2 aromatic carbocycles. The van der Waals surface area contributed by atoms with Gasteiger partial charge in [-0.15, -0.1) is 0 Å². The van der Waals surface area contributed by atoms with Gasteiger partial charge < -0.3 is 20.5 Å². The van der Waals surface area contributed by atoms with Crippen LogP contribution in [0.5, 0.6) is 0 Å². The lowest BCUT2D eigenvalue weighted by atomic mass is 9.96. The molecule has 0 radical (unpaired) electrons. The Hall–Kier alpha value is -3.35. The van der Waals surface area contributed by atoms with Crippen molar-refractivity contribution in [2.75, 3.05) is 13.2 Å². The first-order valence-corrected chi connectivity index (χ1v) is 12.6. The van der Waals surface area contributed by atoms with Gasteiger partial charge in [-0.05, 0) is 47.4 Å². The summed E-state index contributed by atoms with van der Waals surface area (Å²) in [5, 5.41) is 15.1. The van der Waals surface area contributed by atoms with E-state index in [0.29, 0.717) is 19.4 Å². The number of carboxylic acids is 1. The molecule has 4 rings (SSSR count). The molecule has 2 aromatic rings. The summed E-state index contributed by atoms with van der Waals surface area (Å²) in [6, 6.07) is 16.0. The Morgan fingerprint density at radius 3 is 2.31 bits per heavy atom. The van der Waals surface area contributed by atoms with Crippen LogP contribution in [-0.4, -0.2) is 42.3 Å². The van der Waals surface area contributed by atoms with Crippen LogP contribution in [0.15, 0.2) is 48.5 Å². The summed E-state index contributed by atoms with van der Waals surface area (Å²) in [5.41, 5.74) is 4.64. The normalized spacial score (nSPS) is 19.5. The topological polar surface area (TPSA) is 105 Å². The van der Waals surface area contributed by atoms with E-state index >= 15 is 0 Å². The summed E-state index contributed by atoms with van der Waals surface area (Å²) < 4.78 is 5.63. The van der Waals surface area contributed by atoms with Crippen LogP contribution in [0, 0.1) is 11.8 Å². The molecule has 1 saturated carbocycles. The minimum absolute atomic E-state index is 0.0188. The first-order valence-electron chi connectivity index (χ1n) is 12.6. The molecule has 35 heavy (non-hydrogen) atoms. The van der Waals surface area contributed by atoms with Crippen LogP contribution in [-0.2, 0) is 14.3 Å². The largest absolute Gasteiger partial charge is 0.481 e. The fourth-order valence-electron chi connectivity index (χ4n) is 5.53. The Morgan fingerprint density at radius 1 is 1.03 bits per heavy atom. The smallest absolute Gasteiger partial charge is 0.407 e. The summed E-state index contributed by atoms with van der Waals surface area (Å²) in [7, 11) is 0. The molecule has 3 N–H and O–H groups in total. The van der Waals surface area contributed by atoms with E-state index in [0.717, 1.165) is 30.4 Å². The molecule has 0 saturated heterocycles. The number of nitrogens with one attached hydrogen (secondary N) is 2. The molecule has 2 amide bonds. The quantitative estimate of drug-likeness (QED) is 0.459. The predicted molar refractivity (Wildman–Crippen MR) is 133 cm³/mol. The number of rotatable bonds is 10. The molecule has 0 bridgehead atoms. The second kappa shape index (κ2) is 11.4. The highest BCUT2D eigenvalue weighted by Crippen LogP contribution is 2.44. The molecule has 0 aromatic heterocycles. The van der Waals surface area contributed by atoms with Crippen molar-refractivity contribution in [1.29, 1.82) is 0 Å². The molecule has 1 fully saturated rings. The molecule has 0 spiro atoms. The maximum absolute atomic E-state index is 12.6. The van der Waals surface area contributed by atoms with Gasteiger partial charge in [0.1, 0.15) is 6.61 Å². The van der Waals surface area contributed by atoms with Crippen molar-refractivity contribution in [1.82, 2.24) is 10.6 Å². The third-order valence-corrected chi connectivity index (χ3v) is 7.27. The van der Waals surface area contributed by atoms with Gasteiger partial charge in [0, 0.05) is 24.9 Å². The van der Waals surface area contributed by atoms with E-state index in [2.05, 4.69) is 34.9 Å². The summed E-state index contributed by atoms with van der Waals surface area (Å²) in [6.45, 7) is 2.59. The lowest BCUT2D eigenvalue weighted by Crippen LogP contribution is -2.41. The van der Waals surface area contributed by atoms with E-state index in [1.165, 1.54) is 11.1 Å². The van der Waals surface area contributed by atoms with Crippen LogP contribution < -0.4 is 10.6 Å². The molecule has 0 unspecified atom stereocenters. The van der Waals surface area contributed by atoms with E-state index < -0.39 is 12.1 Å². The van der Waals surface area contributed by atoms with Gasteiger partial charge in [0.2, 0.25) is 5.91 Å². The maximum atomic E-state index is 12.6. The summed E-state index contributed by atoms with van der Waals surface area (Å²) in [5.74, 6) is -1.41. The average molecular weight is 479 g/mol. The van der Waals surface area contributed by atoms with E-state index in [-0.39, 0.29) is 42.7 Å². The monoisotopic (exact) mass is 478 g/mol. The minimum Gasteiger partial charge on any atom is -0.481 e. The van der Waals surface area contributed by atoms with Gasteiger partial charge in [0.25, 0.3) is 0 Å². The fourth-order valence-corrected chi connectivity index (χ4v) is 5.53. The van der Waals surface area contributed by atoms with E-state index in [4.69, 9.17) is 4.74 Å². The Labute approximate surface area is 206 Å². The third-order valence-electron chi connectivity index (χ3n) is 7.27. The first-order chi connectivity index (χ1) is 17.0. The van der Waals surface area contributed by atoms with Gasteiger partial charge in [-0.25, -0.2) is 4.79 Å². The van der Waals surface area contributed by atoms with E-state index in [1.807, 2.05) is 31.2 Å². The second-order valence-corrected chi connectivity index (χ2v) is 9.60. The number of alkyl carbamates (subject to hydrolysis) is 1. The van der Waals surface area contributed by atoms with Gasteiger partial charge >= 0.3 is 12.1 Å². The standard InChI is InChI=1S/C28H34N2O5/c1-2-8-19(15-26(31)29-16-18-9-7-14-20(18)27(32)33)30-28(34)35-17-25-23-12-5-3-10-21(23)22-11-4-6-13-24(22)25/h3-6,10-13,18-20,25H,2,7-9,14-17H2,1H3,(H,29,31)(H,30,34)(H,32,33)/t18-,19+,20-/m1/s1. The number of carbonyl (C=O) groups excluding carboxylic acids is 2. The molecule has 3 atom stereocenters. The molecule has 2 aliphatic rings. The van der Waals surface area contributed by atoms with Gasteiger partial charge in [0.05, 0.1) is 5.92 Å². The number of carboxylic acid groups (broad SMARTS) is 1. The molecule has 7 heteroatoms. The average Bonchev–Trinajstić information content (AvgIpc) is 3.44. The SMILES string of the molecule is CCC[C@@H](CC(=O)NC[C@H]1CCC[C@H]1C(=O)O)NC(=O)OCC1c2ccccc2-c2ccccc21. The fraction of sp³-hybridized carbons (Fsp3) is 0.464. The number of aliphatic carboxylic acids is 1. The molecule has 0 heterocycles. The first kappa shape index (κ1) is 24.8.